The maximum absolute atomic E-state index is 11.6. The summed E-state index contributed by atoms with van der Waals surface area (Å²) in [5.41, 5.74) is 7.17. The average Bonchev–Trinajstić information content (AvgIpc) is 3.24. The Hall–Kier alpha value is -3.79. The highest BCUT2D eigenvalue weighted by Crippen LogP contribution is 2.30. The molecule has 0 saturated heterocycles. The van der Waals surface area contributed by atoms with Crippen LogP contribution in [0.3, 0.4) is 0 Å². The molecular weight excluding hydrogens is 422 g/mol. The molecule has 3 rings (SSSR count). The first kappa shape index (κ1) is 23.9. The second kappa shape index (κ2) is 9.78. The van der Waals surface area contributed by atoms with E-state index < -0.39 is 5.60 Å². The molecule has 10 heteroatoms. The van der Waals surface area contributed by atoms with Gasteiger partial charge in [0.25, 0.3) is 0 Å². The third-order valence-corrected chi connectivity index (χ3v) is 5.47. The minimum Gasteiger partial charge on any atom is -0.494 e. The van der Waals surface area contributed by atoms with E-state index in [0.29, 0.717) is 28.2 Å². The van der Waals surface area contributed by atoms with Gasteiger partial charge in [-0.2, -0.15) is 0 Å². The van der Waals surface area contributed by atoms with Gasteiger partial charge in [0.05, 0.1) is 31.5 Å². The quantitative estimate of drug-likeness (QED) is 0.285. The summed E-state index contributed by atoms with van der Waals surface area (Å²) < 4.78 is 6.93. The van der Waals surface area contributed by atoms with Gasteiger partial charge in [-0.15, -0.1) is 5.10 Å². The highest BCUT2D eigenvalue weighted by atomic mass is 16.5. The summed E-state index contributed by atoms with van der Waals surface area (Å²) in [6.45, 7) is 5.65. The number of nitrogens with zero attached hydrogens (tertiary/aromatic N) is 6. The first-order chi connectivity index (χ1) is 15.6. The Morgan fingerprint density at radius 3 is 2.79 bits per heavy atom. The number of ether oxygens (including phenoxy) is 1. The number of hydrogen-bond acceptors (Lipinski definition) is 9. The number of nitrogen functional groups attached to an aromatic ring is 1. The van der Waals surface area contributed by atoms with Crippen LogP contribution < -0.4 is 10.5 Å². The maximum Gasteiger partial charge on any atom is 0.221 e. The normalized spacial score (nSPS) is 13.5. The zero-order valence-electron chi connectivity index (χ0n) is 19.4. The third kappa shape index (κ3) is 5.53. The lowest BCUT2D eigenvalue weighted by molar-refractivity contribution is -0.105. The molecule has 174 valence electrons. The minimum atomic E-state index is -0.855. The van der Waals surface area contributed by atoms with Gasteiger partial charge in [-0.1, -0.05) is 23.4 Å². The van der Waals surface area contributed by atoms with Crippen molar-refractivity contribution in [2.75, 3.05) is 19.9 Å². The predicted molar refractivity (Wildman–Crippen MR) is 126 cm³/mol. The number of aromatic nitrogens is 5. The second-order valence-corrected chi connectivity index (χ2v) is 8.28. The van der Waals surface area contributed by atoms with Gasteiger partial charge in [0.2, 0.25) is 5.95 Å². The fourth-order valence-corrected chi connectivity index (χ4v) is 3.23. The number of allylic oxidation sites excluding steroid dienone is 3. The van der Waals surface area contributed by atoms with E-state index in [4.69, 9.17) is 10.5 Å². The monoisotopic (exact) mass is 451 g/mol. The number of hydrogen-bond donors (Lipinski definition) is 2. The molecule has 0 spiro atoms. The van der Waals surface area contributed by atoms with Crippen LogP contribution in [0.1, 0.15) is 20.8 Å². The number of aldehydes is 1. The molecule has 0 saturated carbocycles. The molecule has 0 radical (unpaired) electrons. The highest BCUT2D eigenvalue weighted by Gasteiger charge is 2.24. The van der Waals surface area contributed by atoms with Crippen molar-refractivity contribution in [3.63, 3.8) is 0 Å². The standard InChI is InChI=1S/C23H29N7O3/c1-15(23(2,3)32)29(4)11-7-8-16(14-31)12-30-13-18(27-28-30)20-17-9-6-10-19(33-5)21(17)26-22(24)25-20/h6-11,13-15,32H,12H2,1-5H3,(H2,24,25,26)/b11-7-,16-8-. The van der Waals surface area contributed by atoms with Crippen LogP contribution >= 0.6 is 0 Å². The van der Waals surface area contributed by atoms with Gasteiger partial charge in [-0.25, -0.2) is 14.6 Å². The van der Waals surface area contributed by atoms with Crippen LogP contribution in [0.2, 0.25) is 0 Å². The second-order valence-electron chi connectivity index (χ2n) is 8.28. The molecule has 2 heterocycles. The van der Waals surface area contributed by atoms with E-state index in [1.54, 1.807) is 50.1 Å². The molecular formula is C23H29N7O3. The molecule has 3 aromatic rings. The first-order valence-corrected chi connectivity index (χ1v) is 10.4. The molecule has 0 aliphatic heterocycles. The van der Waals surface area contributed by atoms with Gasteiger partial charge in [-0.05, 0) is 39.1 Å². The Balaban J connectivity index is 1.83. The molecule has 1 aromatic carbocycles. The Labute approximate surface area is 192 Å². The van der Waals surface area contributed by atoms with Crippen LogP contribution in [-0.4, -0.2) is 67.1 Å². The van der Waals surface area contributed by atoms with Crippen LogP contribution in [0.5, 0.6) is 5.75 Å². The van der Waals surface area contributed by atoms with Gasteiger partial charge >= 0.3 is 0 Å². The van der Waals surface area contributed by atoms with Crippen molar-refractivity contribution < 1.29 is 14.6 Å². The fraction of sp³-hybridized carbons (Fsp3) is 0.348. The van der Waals surface area contributed by atoms with Gasteiger partial charge in [-0.3, -0.25) is 4.79 Å². The number of rotatable bonds is 9. The molecule has 2 aromatic heterocycles. The number of nitrogens with two attached hydrogens (primary N) is 1. The van der Waals surface area contributed by atoms with Gasteiger partial charge < -0.3 is 20.5 Å². The topological polar surface area (TPSA) is 132 Å². The van der Waals surface area contributed by atoms with E-state index in [1.807, 2.05) is 37.2 Å². The summed E-state index contributed by atoms with van der Waals surface area (Å²) in [6, 6.07) is 5.39. The molecule has 1 unspecified atom stereocenters. The van der Waals surface area contributed by atoms with Crippen LogP contribution in [0.25, 0.3) is 22.3 Å². The Kier molecular flexibility index (Phi) is 7.07. The fourth-order valence-electron chi connectivity index (χ4n) is 3.23. The lowest BCUT2D eigenvalue weighted by Crippen LogP contribution is -2.43. The number of fused-ring (bicyclic) bond motifs is 1. The first-order valence-electron chi connectivity index (χ1n) is 10.4. The van der Waals surface area contributed by atoms with Gasteiger partial charge in [0.1, 0.15) is 28.9 Å². The van der Waals surface area contributed by atoms with E-state index in [2.05, 4.69) is 20.3 Å². The Bertz CT molecular complexity index is 1190. The van der Waals surface area contributed by atoms with Crippen LogP contribution in [0.4, 0.5) is 5.95 Å². The Morgan fingerprint density at radius 2 is 2.12 bits per heavy atom. The zero-order valence-corrected chi connectivity index (χ0v) is 19.4. The summed E-state index contributed by atoms with van der Waals surface area (Å²) in [5, 5.41) is 19.2. The number of para-hydroxylation sites is 1. The molecule has 0 fully saturated rings. The number of anilines is 1. The van der Waals surface area contributed by atoms with Crippen LogP contribution in [-0.2, 0) is 11.3 Å². The van der Waals surface area contributed by atoms with Gasteiger partial charge in [0, 0.05) is 18.0 Å². The van der Waals surface area contributed by atoms with Crippen molar-refractivity contribution in [3.8, 4) is 17.1 Å². The molecule has 0 amide bonds. The van der Waals surface area contributed by atoms with Crippen molar-refractivity contribution in [1.82, 2.24) is 29.9 Å². The van der Waals surface area contributed by atoms with E-state index in [0.717, 1.165) is 11.7 Å². The molecule has 0 aliphatic rings. The summed E-state index contributed by atoms with van der Waals surface area (Å²) >= 11 is 0. The van der Waals surface area contributed by atoms with E-state index in [-0.39, 0.29) is 18.5 Å². The number of carbonyl (C=O) groups is 1. The number of likely N-dealkylation sites (N-methyl/N-ethyl adjacent to an activating group) is 1. The van der Waals surface area contributed by atoms with Crippen LogP contribution in [0, 0.1) is 0 Å². The summed E-state index contributed by atoms with van der Waals surface area (Å²) in [7, 11) is 3.43. The zero-order chi connectivity index (χ0) is 24.2. The highest BCUT2D eigenvalue weighted by molar-refractivity contribution is 5.95. The third-order valence-electron chi connectivity index (χ3n) is 5.47. The molecule has 0 bridgehead atoms. The molecule has 10 nitrogen and oxygen atoms in total. The van der Waals surface area contributed by atoms with Crippen molar-refractivity contribution >= 4 is 23.1 Å². The van der Waals surface area contributed by atoms with Gasteiger partial charge in [0.15, 0.2) is 0 Å². The van der Waals surface area contributed by atoms with E-state index >= 15 is 0 Å². The number of methoxy groups -OCH3 is 1. The molecule has 1 atom stereocenters. The van der Waals surface area contributed by atoms with Crippen molar-refractivity contribution in [2.24, 2.45) is 0 Å². The average molecular weight is 452 g/mol. The molecule has 3 N–H and O–H groups in total. The smallest absolute Gasteiger partial charge is 0.221 e. The molecule has 33 heavy (non-hydrogen) atoms. The maximum atomic E-state index is 11.6. The minimum absolute atomic E-state index is 0.0968. The van der Waals surface area contributed by atoms with Crippen LogP contribution in [0.15, 0.2) is 48.3 Å². The summed E-state index contributed by atoms with van der Waals surface area (Å²) in [6.07, 6.45) is 7.74. The predicted octanol–water partition coefficient (Wildman–Crippen LogP) is 2.21. The van der Waals surface area contributed by atoms with E-state index in [1.165, 1.54) is 0 Å². The van der Waals surface area contributed by atoms with Crippen molar-refractivity contribution in [3.05, 3.63) is 48.3 Å². The lowest BCUT2D eigenvalue weighted by atomic mass is 10.00. The summed E-state index contributed by atoms with van der Waals surface area (Å²) in [4.78, 5) is 22.1. The van der Waals surface area contributed by atoms with Crippen molar-refractivity contribution in [1.29, 1.82) is 0 Å². The number of benzene rings is 1. The largest absolute Gasteiger partial charge is 0.494 e. The van der Waals surface area contributed by atoms with Crippen molar-refractivity contribution in [2.45, 2.75) is 39.0 Å². The molecule has 0 aliphatic carbocycles. The number of carbonyl (C=O) groups excluding carboxylic acids is 1. The summed E-state index contributed by atoms with van der Waals surface area (Å²) in [5.74, 6) is 0.677. The Morgan fingerprint density at radius 1 is 1.36 bits per heavy atom. The number of aliphatic hydroxyl groups is 1. The SMILES string of the molecule is COc1cccc2c(-c3cn(C/C(C=O)=C/C=C\N(C)C(C)C(C)(C)O)nn3)nc(N)nc12. The lowest BCUT2D eigenvalue weighted by Gasteiger charge is -2.33. The van der Waals surface area contributed by atoms with E-state index in [9.17, 15) is 9.90 Å².